The van der Waals surface area contributed by atoms with Gasteiger partial charge in [0.2, 0.25) is 5.78 Å². The molecule has 18 heavy (non-hydrogen) atoms. The van der Waals surface area contributed by atoms with Crippen molar-refractivity contribution in [1.82, 2.24) is 9.97 Å². The first-order valence-electron chi connectivity index (χ1n) is 5.20. The number of rotatable bonds is 5. The summed E-state index contributed by atoms with van der Waals surface area (Å²) in [5, 5.41) is 0. The third kappa shape index (κ3) is 3.64. The standard InChI is InChI=1S/C11H14N2O3S2/c1-4-8-11(13-6-5-12-8)9(14)7-10(17-2)18(3,15)16/h5-7H,4H2,1-3H3. The van der Waals surface area contributed by atoms with E-state index in [1.807, 2.05) is 6.92 Å². The Morgan fingerprint density at radius 1 is 1.39 bits per heavy atom. The van der Waals surface area contributed by atoms with Crippen molar-refractivity contribution >= 4 is 27.4 Å². The van der Waals surface area contributed by atoms with Gasteiger partial charge in [-0.1, -0.05) is 6.92 Å². The van der Waals surface area contributed by atoms with E-state index in [4.69, 9.17) is 0 Å². The van der Waals surface area contributed by atoms with Crippen LogP contribution in [-0.2, 0) is 16.3 Å². The molecule has 0 aromatic carbocycles. The second-order valence-corrected chi connectivity index (χ2v) is 6.60. The van der Waals surface area contributed by atoms with Gasteiger partial charge in [0.25, 0.3) is 0 Å². The SMILES string of the molecule is CCc1nccnc1C(=O)C=C(SC)S(C)(=O)=O. The molecule has 0 atom stereocenters. The zero-order valence-electron chi connectivity index (χ0n) is 10.4. The summed E-state index contributed by atoms with van der Waals surface area (Å²) < 4.78 is 22.8. The van der Waals surface area contributed by atoms with Crippen LogP contribution >= 0.6 is 11.8 Å². The number of ketones is 1. The largest absolute Gasteiger partial charge is 0.287 e. The molecule has 0 radical (unpaired) electrons. The van der Waals surface area contributed by atoms with Crippen LogP contribution in [0.2, 0.25) is 0 Å². The molecule has 98 valence electrons. The van der Waals surface area contributed by atoms with E-state index >= 15 is 0 Å². The van der Waals surface area contributed by atoms with Crippen LogP contribution in [0.5, 0.6) is 0 Å². The van der Waals surface area contributed by atoms with Crippen LogP contribution in [-0.4, -0.2) is 36.7 Å². The smallest absolute Gasteiger partial charge is 0.207 e. The molecule has 0 unspecified atom stereocenters. The summed E-state index contributed by atoms with van der Waals surface area (Å²) in [4.78, 5) is 20.0. The van der Waals surface area contributed by atoms with E-state index in [1.54, 1.807) is 6.26 Å². The highest BCUT2D eigenvalue weighted by atomic mass is 32.3. The van der Waals surface area contributed by atoms with Gasteiger partial charge < -0.3 is 0 Å². The molecule has 1 heterocycles. The molecule has 0 spiro atoms. The van der Waals surface area contributed by atoms with Crippen molar-refractivity contribution in [2.45, 2.75) is 13.3 Å². The zero-order valence-corrected chi connectivity index (χ0v) is 12.0. The molecule has 0 aliphatic carbocycles. The van der Waals surface area contributed by atoms with Gasteiger partial charge in [-0.15, -0.1) is 11.8 Å². The fourth-order valence-electron chi connectivity index (χ4n) is 1.32. The Hall–Kier alpha value is -1.21. The molecular formula is C11H14N2O3S2. The molecule has 0 amide bonds. The lowest BCUT2D eigenvalue weighted by molar-refractivity contribution is 0.104. The highest BCUT2D eigenvalue weighted by Gasteiger charge is 2.16. The molecule has 5 nitrogen and oxygen atoms in total. The molecule has 0 N–H and O–H groups in total. The first-order chi connectivity index (χ1) is 8.40. The second-order valence-electron chi connectivity index (χ2n) is 3.51. The minimum absolute atomic E-state index is 0.0280. The summed E-state index contributed by atoms with van der Waals surface area (Å²) >= 11 is 1.02. The molecule has 1 rings (SSSR count). The normalized spacial score (nSPS) is 12.5. The molecule has 0 saturated carbocycles. The number of allylic oxidation sites excluding steroid dienone is 1. The number of hydrogen-bond donors (Lipinski definition) is 0. The van der Waals surface area contributed by atoms with Gasteiger partial charge in [0, 0.05) is 24.7 Å². The van der Waals surface area contributed by atoms with E-state index in [0.717, 1.165) is 24.1 Å². The van der Waals surface area contributed by atoms with Crippen LogP contribution in [0.25, 0.3) is 0 Å². The maximum atomic E-state index is 12.0. The number of carbonyl (C=O) groups excluding carboxylic acids is 1. The van der Waals surface area contributed by atoms with Gasteiger partial charge in [0.15, 0.2) is 9.84 Å². The van der Waals surface area contributed by atoms with Gasteiger partial charge in [-0.2, -0.15) is 0 Å². The monoisotopic (exact) mass is 286 g/mol. The van der Waals surface area contributed by atoms with E-state index in [1.165, 1.54) is 12.4 Å². The number of aromatic nitrogens is 2. The lowest BCUT2D eigenvalue weighted by Gasteiger charge is -2.03. The van der Waals surface area contributed by atoms with Crippen LogP contribution in [0.1, 0.15) is 23.1 Å². The number of carbonyl (C=O) groups is 1. The Morgan fingerprint density at radius 3 is 2.50 bits per heavy atom. The molecule has 0 aliphatic heterocycles. The molecule has 0 saturated heterocycles. The highest BCUT2D eigenvalue weighted by Crippen LogP contribution is 2.19. The maximum Gasteiger partial charge on any atom is 0.207 e. The minimum atomic E-state index is -3.38. The van der Waals surface area contributed by atoms with Crippen molar-refractivity contribution in [2.75, 3.05) is 12.5 Å². The first-order valence-corrected chi connectivity index (χ1v) is 8.31. The van der Waals surface area contributed by atoms with Gasteiger partial charge in [0.1, 0.15) is 9.93 Å². The average molecular weight is 286 g/mol. The Bertz CT molecular complexity index is 580. The lowest BCUT2D eigenvalue weighted by atomic mass is 10.2. The second kappa shape index (κ2) is 6.10. The fourth-order valence-corrected chi connectivity index (χ4v) is 3.08. The average Bonchev–Trinajstić information content (AvgIpc) is 2.34. The topological polar surface area (TPSA) is 77.0 Å². The Kier molecular flexibility index (Phi) is 5.03. The summed E-state index contributed by atoms with van der Waals surface area (Å²) in [6.07, 6.45) is 7.27. The highest BCUT2D eigenvalue weighted by molar-refractivity contribution is 8.18. The summed E-state index contributed by atoms with van der Waals surface area (Å²) in [7, 11) is -3.38. The van der Waals surface area contributed by atoms with Gasteiger partial charge in [-0.05, 0) is 12.7 Å². The minimum Gasteiger partial charge on any atom is -0.287 e. The Labute approximate surface area is 111 Å². The third-order valence-corrected chi connectivity index (χ3v) is 4.94. The van der Waals surface area contributed by atoms with E-state index in [-0.39, 0.29) is 9.93 Å². The van der Waals surface area contributed by atoms with Crippen molar-refractivity contribution in [1.29, 1.82) is 0 Å². The quantitative estimate of drug-likeness (QED) is 0.602. The van der Waals surface area contributed by atoms with Crippen molar-refractivity contribution in [3.05, 3.63) is 34.1 Å². The van der Waals surface area contributed by atoms with Crippen LogP contribution in [0.15, 0.2) is 22.7 Å². The fraction of sp³-hybridized carbons (Fsp3) is 0.364. The predicted octanol–water partition coefficient (Wildman–Crippen LogP) is 1.47. The molecule has 0 fully saturated rings. The van der Waals surface area contributed by atoms with E-state index in [2.05, 4.69) is 9.97 Å². The van der Waals surface area contributed by atoms with Gasteiger partial charge in [-0.25, -0.2) is 13.4 Å². The number of thioether (sulfide) groups is 1. The van der Waals surface area contributed by atoms with Crippen molar-refractivity contribution in [3.8, 4) is 0 Å². The molecule has 7 heteroatoms. The van der Waals surface area contributed by atoms with Gasteiger partial charge >= 0.3 is 0 Å². The van der Waals surface area contributed by atoms with Crippen LogP contribution in [0.4, 0.5) is 0 Å². The number of sulfone groups is 1. The van der Waals surface area contributed by atoms with Crippen molar-refractivity contribution in [3.63, 3.8) is 0 Å². The molecule has 1 aromatic heterocycles. The van der Waals surface area contributed by atoms with Gasteiger partial charge in [-0.3, -0.25) is 9.78 Å². The van der Waals surface area contributed by atoms with Crippen molar-refractivity contribution < 1.29 is 13.2 Å². The molecule has 0 bridgehead atoms. The van der Waals surface area contributed by atoms with E-state index in [0.29, 0.717) is 12.1 Å². The van der Waals surface area contributed by atoms with Crippen LogP contribution in [0.3, 0.4) is 0 Å². The summed E-state index contributed by atoms with van der Waals surface area (Å²) in [6, 6.07) is 0. The van der Waals surface area contributed by atoms with E-state index in [9.17, 15) is 13.2 Å². The maximum absolute atomic E-state index is 12.0. The summed E-state index contributed by atoms with van der Waals surface area (Å²) in [5.74, 6) is -0.435. The predicted molar refractivity (Wildman–Crippen MR) is 72.2 cm³/mol. The Morgan fingerprint density at radius 2 is 2.00 bits per heavy atom. The third-order valence-electron chi connectivity index (χ3n) is 2.16. The van der Waals surface area contributed by atoms with Gasteiger partial charge in [0.05, 0.1) is 5.69 Å². The number of hydrogen-bond acceptors (Lipinski definition) is 6. The van der Waals surface area contributed by atoms with Crippen LogP contribution < -0.4 is 0 Å². The van der Waals surface area contributed by atoms with Crippen molar-refractivity contribution in [2.24, 2.45) is 0 Å². The number of nitrogens with zero attached hydrogens (tertiary/aromatic N) is 2. The van der Waals surface area contributed by atoms with Crippen LogP contribution in [0, 0.1) is 0 Å². The molecule has 0 aliphatic rings. The Balaban J connectivity index is 3.19. The first kappa shape index (κ1) is 14.8. The zero-order chi connectivity index (χ0) is 13.8. The summed E-state index contributed by atoms with van der Waals surface area (Å²) in [6.45, 7) is 1.86. The van der Waals surface area contributed by atoms with E-state index < -0.39 is 15.6 Å². The lowest BCUT2D eigenvalue weighted by Crippen LogP contribution is -2.08. The summed E-state index contributed by atoms with van der Waals surface area (Å²) in [5.41, 5.74) is 0.767. The number of aryl methyl sites for hydroxylation is 1. The molecular weight excluding hydrogens is 272 g/mol. The molecule has 1 aromatic rings.